The lowest BCUT2D eigenvalue weighted by Crippen LogP contribution is -2.19. The normalized spacial score (nSPS) is 11.1. The lowest BCUT2D eigenvalue weighted by molar-refractivity contribution is 0.199. The summed E-state index contributed by atoms with van der Waals surface area (Å²) in [6.07, 6.45) is 3.90. The minimum atomic E-state index is 0.533. The minimum Gasteiger partial charge on any atom is -0.488 e. The van der Waals surface area contributed by atoms with Crippen molar-refractivity contribution >= 4 is 11.6 Å². The molecule has 1 N–H and O–H groups in total. The van der Waals surface area contributed by atoms with E-state index >= 15 is 0 Å². The highest BCUT2D eigenvalue weighted by Gasteiger charge is 2.07. The number of hydrogen-bond acceptors (Lipinski definition) is 3. The molecule has 1 aromatic rings. The quantitative estimate of drug-likeness (QED) is 0.581. The van der Waals surface area contributed by atoms with Gasteiger partial charge in [-0.25, -0.2) is 0 Å². The molecule has 0 aliphatic heterocycles. The Balaban J connectivity index is 2.61. The first-order valence-electron chi connectivity index (χ1n) is 6.00. The molecule has 0 fully saturated rings. The smallest absolute Gasteiger partial charge is 0.142 e. The lowest BCUT2D eigenvalue weighted by atomic mass is 10.2. The monoisotopic (exact) mass is 269 g/mol. The van der Waals surface area contributed by atoms with E-state index < -0.39 is 0 Å². The van der Waals surface area contributed by atoms with Gasteiger partial charge in [0.2, 0.25) is 0 Å². The summed E-state index contributed by atoms with van der Waals surface area (Å²) in [4.78, 5) is 0. The fourth-order valence-electron chi connectivity index (χ4n) is 1.48. The van der Waals surface area contributed by atoms with E-state index in [-0.39, 0.29) is 0 Å². The highest BCUT2D eigenvalue weighted by Crippen LogP contribution is 2.28. The molecule has 3 nitrogen and oxygen atoms in total. The first-order chi connectivity index (χ1) is 8.79. The molecule has 0 atom stereocenters. The predicted molar refractivity (Wildman–Crippen MR) is 75.3 cm³/mol. The van der Waals surface area contributed by atoms with Gasteiger partial charge in [-0.15, -0.1) is 0 Å². The number of halogens is 1. The van der Waals surface area contributed by atoms with E-state index in [0.717, 1.165) is 24.4 Å². The number of ether oxygens (including phenoxy) is 2. The minimum absolute atomic E-state index is 0.533. The Morgan fingerprint density at radius 2 is 2.22 bits per heavy atom. The summed E-state index contributed by atoms with van der Waals surface area (Å²) in [6, 6.07) is 5.78. The van der Waals surface area contributed by atoms with Crippen LogP contribution in [0.4, 0.5) is 0 Å². The number of methoxy groups -OCH3 is 1. The van der Waals surface area contributed by atoms with Crippen molar-refractivity contribution in [1.29, 1.82) is 0 Å². The maximum Gasteiger partial charge on any atom is 0.142 e. The van der Waals surface area contributed by atoms with Gasteiger partial charge in [0.1, 0.15) is 12.4 Å². The van der Waals surface area contributed by atoms with E-state index in [2.05, 4.69) is 5.32 Å². The van der Waals surface area contributed by atoms with Crippen LogP contribution in [0.2, 0.25) is 5.02 Å². The number of allylic oxidation sites excluding steroid dienone is 1. The van der Waals surface area contributed by atoms with Gasteiger partial charge in [-0.2, -0.15) is 0 Å². The predicted octanol–water partition coefficient (Wildman–Crippen LogP) is 3.03. The number of rotatable bonds is 8. The van der Waals surface area contributed by atoms with Crippen molar-refractivity contribution < 1.29 is 9.47 Å². The maximum absolute atomic E-state index is 6.15. The summed E-state index contributed by atoms with van der Waals surface area (Å²) in [7, 11) is 1.69. The second-order valence-corrected chi connectivity index (χ2v) is 4.18. The summed E-state index contributed by atoms with van der Waals surface area (Å²) in [6.45, 7) is 4.70. The van der Waals surface area contributed by atoms with Gasteiger partial charge in [0.25, 0.3) is 0 Å². The van der Waals surface area contributed by atoms with E-state index in [4.69, 9.17) is 21.1 Å². The molecule has 18 heavy (non-hydrogen) atoms. The number of hydrogen-bond donors (Lipinski definition) is 1. The maximum atomic E-state index is 6.15. The van der Waals surface area contributed by atoms with Crippen molar-refractivity contribution in [2.75, 3.05) is 26.9 Å². The number of nitrogens with one attached hydrogen (secondary N) is 1. The Bertz CT molecular complexity index is 380. The van der Waals surface area contributed by atoms with Gasteiger partial charge >= 0.3 is 0 Å². The average Bonchev–Trinajstić information content (AvgIpc) is 2.37. The Hall–Kier alpha value is -1.03. The van der Waals surface area contributed by atoms with Crippen LogP contribution in [0, 0.1) is 0 Å². The van der Waals surface area contributed by atoms with Gasteiger partial charge in [0.15, 0.2) is 0 Å². The highest BCUT2D eigenvalue weighted by molar-refractivity contribution is 6.32. The Labute approximate surface area is 114 Å². The van der Waals surface area contributed by atoms with Gasteiger partial charge in [-0.05, 0) is 13.0 Å². The summed E-state index contributed by atoms with van der Waals surface area (Å²) in [5.74, 6) is 0.752. The first-order valence-corrected chi connectivity index (χ1v) is 6.38. The molecule has 0 aliphatic rings. The standard InChI is InChI=1S/C14H20ClNO2/c1-3-4-9-18-14-12(6-5-7-13(14)15)11-16-8-10-17-2/h3-7,16H,8-11H2,1-2H3/b4-3+. The summed E-state index contributed by atoms with van der Waals surface area (Å²) in [5, 5.41) is 3.92. The van der Waals surface area contributed by atoms with Crippen molar-refractivity contribution in [2.45, 2.75) is 13.5 Å². The molecule has 0 unspecified atom stereocenters. The fourth-order valence-corrected chi connectivity index (χ4v) is 1.73. The molecule has 0 amide bonds. The van der Waals surface area contributed by atoms with Crippen LogP contribution in [-0.4, -0.2) is 26.9 Å². The summed E-state index contributed by atoms with van der Waals surface area (Å²) in [5.41, 5.74) is 1.06. The first kappa shape index (κ1) is 15.0. The lowest BCUT2D eigenvalue weighted by Gasteiger charge is -2.12. The van der Waals surface area contributed by atoms with Crippen molar-refractivity contribution in [3.05, 3.63) is 40.9 Å². The third-order valence-electron chi connectivity index (χ3n) is 2.41. The van der Waals surface area contributed by atoms with Crippen LogP contribution < -0.4 is 10.1 Å². The van der Waals surface area contributed by atoms with Crippen LogP contribution in [-0.2, 0) is 11.3 Å². The average molecular weight is 270 g/mol. The molecule has 0 aliphatic carbocycles. The van der Waals surface area contributed by atoms with Crippen LogP contribution in [0.15, 0.2) is 30.4 Å². The van der Waals surface area contributed by atoms with Crippen molar-refractivity contribution in [3.63, 3.8) is 0 Å². The second kappa shape index (κ2) is 8.97. The zero-order valence-electron chi connectivity index (χ0n) is 10.9. The zero-order valence-corrected chi connectivity index (χ0v) is 11.7. The van der Waals surface area contributed by atoms with E-state index in [1.54, 1.807) is 7.11 Å². The topological polar surface area (TPSA) is 30.5 Å². The van der Waals surface area contributed by atoms with Crippen molar-refractivity contribution in [1.82, 2.24) is 5.32 Å². The third-order valence-corrected chi connectivity index (χ3v) is 2.70. The molecule has 0 spiro atoms. The molecule has 1 rings (SSSR count). The van der Waals surface area contributed by atoms with Gasteiger partial charge in [0.05, 0.1) is 11.6 Å². The van der Waals surface area contributed by atoms with E-state index in [1.807, 2.05) is 37.3 Å². The van der Waals surface area contributed by atoms with E-state index in [9.17, 15) is 0 Å². The zero-order chi connectivity index (χ0) is 13.2. The molecule has 1 aromatic carbocycles. The van der Waals surface area contributed by atoms with Gasteiger partial charge in [-0.1, -0.05) is 35.9 Å². The highest BCUT2D eigenvalue weighted by atomic mass is 35.5. The SMILES string of the molecule is C/C=C/COc1c(Cl)cccc1CNCCOC. The van der Waals surface area contributed by atoms with Crippen molar-refractivity contribution in [2.24, 2.45) is 0 Å². The van der Waals surface area contributed by atoms with Crippen LogP contribution in [0.25, 0.3) is 0 Å². The Kier molecular flexibility index (Phi) is 7.49. The summed E-state index contributed by atoms with van der Waals surface area (Å²) < 4.78 is 10.7. The van der Waals surface area contributed by atoms with Crippen LogP contribution in [0.5, 0.6) is 5.75 Å². The van der Waals surface area contributed by atoms with Gasteiger partial charge in [-0.3, -0.25) is 0 Å². The van der Waals surface area contributed by atoms with Gasteiger partial charge < -0.3 is 14.8 Å². The van der Waals surface area contributed by atoms with Crippen LogP contribution in [0.3, 0.4) is 0 Å². The van der Waals surface area contributed by atoms with Gasteiger partial charge in [0, 0.05) is 25.8 Å². The second-order valence-electron chi connectivity index (χ2n) is 3.78. The third kappa shape index (κ3) is 5.08. The largest absolute Gasteiger partial charge is 0.488 e. The fraction of sp³-hybridized carbons (Fsp3) is 0.429. The molecule has 0 bridgehead atoms. The Morgan fingerprint density at radius 1 is 1.39 bits per heavy atom. The number of para-hydroxylation sites is 1. The number of benzene rings is 1. The molecule has 4 heteroatoms. The van der Waals surface area contributed by atoms with E-state index in [1.165, 1.54) is 0 Å². The molecule has 0 aromatic heterocycles. The molecule has 0 saturated carbocycles. The molecule has 0 saturated heterocycles. The Morgan fingerprint density at radius 3 is 2.94 bits per heavy atom. The molecular weight excluding hydrogens is 250 g/mol. The van der Waals surface area contributed by atoms with Crippen molar-refractivity contribution in [3.8, 4) is 5.75 Å². The molecule has 0 radical (unpaired) electrons. The van der Waals surface area contributed by atoms with Crippen LogP contribution >= 0.6 is 11.6 Å². The van der Waals surface area contributed by atoms with E-state index in [0.29, 0.717) is 18.2 Å². The summed E-state index contributed by atoms with van der Waals surface area (Å²) >= 11 is 6.15. The molecule has 0 heterocycles. The van der Waals surface area contributed by atoms with Crippen LogP contribution in [0.1, 0.15) is 12.5 Å². The molecule has 100 valence electrons. The molecular formula is C14H20ClNO2.